The van der Waals surface area contributed by atoms with Gasteiger partial charge in [0.25, 0.3) is 0 Å². The number of hydrogen-bond donors (Lipinski definition) is 3. The third-order valence-electron chi connectivity index (χ3n) is 17.5. The zero-order chi connectivity index (χ0) is 69.3. The maximum absolute atomic E-state index is 13.1. The van der Waals surface area contributed by atoms with Gasteiger partial charge in [-0.15, -0.1) is 0 Å². The molecule has 0 heterocycles. The van der Waals surface area contributed by atoms with Gasteiger partial charge in [0, 0.05) is 25.7 Å². The Hall–Kier alpha value is -1.94. The van der Waals surface area contributed by atoms with Crippen molar-refractivity contribution in [2.24, 2.45) is 11.8 Å². The van der Waals surface area contributed by atoms with Gasteiger partial charge in [0.15, 0.2) is 12.2 Å². The highest BCUT2D eigenvalue weighted by molar-refractivity contribution is 7.47. The Bertz CT molecular complexity index is 1820. The zero-order valence-electron chi connectivity index (χ0n) is 61.3. The Morgan fingerprint density at radius 1 is 0.287 bits per heavy atom. The lowest BCUT2D eigenvalue weighted by molar-refractivity contribution is -0.161. The number of phosphoric ester groups is 2. The van der Waals surface area contributed by atoms with Crippen molar-refractivity contribution in [1.29, 1.82) is 0 Å². The van der Waals surface area contributed by atoms with E-state index in [-0.39, 0.29) is 25.7 Å². The summed E-state index contributed by atoms with van der Waals surface area (Å²) >= 11 is 0. The summed E-state index contributed by atoms with van der Waals surface area (Å²) in [6, 6.07) is 0. The maximum Gasteiger partial charge on any atom is 0.472 e. The van der Waals surface area contributed by atoms with Crippen molar-refractivity contribution in [2.45, 2.75) is 407 Å². The molecule has 0 saturated carbocycles. The molecule has 19 heteroatoms. The molecule has 0 fully saturated rings. The van der Waals surface area contributed by atoms with Crippen LogP contribution in [0.5, 0.6) is 0 Å². The average molecular weight is 1380 g/mol. The Morgan fingerprint density at radius 2 is 0.489 bits per heavy atom. The lowest BCUT2D eigenvalue weighted by Gasteiger charge is -2.21. The number of carbonyl (C=O) groups is 4. The summed E-state index contributed by atoms with van der Waals surface area (Å²) in [7, 11) is -9.91. The molecular formula is C75H146O17P2. The third kappa shape index (κ3) is 68.6. The number of carbonyl (C=O) groups excluding carboxylic acids is 4. The number of hydrogen-bond acceptors (Lipinski definition) is 15. The van der Waals surface area contributed by atoms with Crippen LogP contribution in [0.2, 0.25) is 0 Å². The smallest absolute Gasteiger partial charge is 0.462 e. The Kier molecular flexibility index (Phi) is 65.5. The van der Waals surface area contributed by atoms with Gasteiger partial charge in [-0.05, 0) is 37.5 Å². The van der Waals surface area contributed by atoms with E-state index in [2.05, 4.69) is 41.5 Å². The first-order valence-corrected chi connectivity index (χ1v) is 42.0. The summed E-state index contributed by atoms with van der Waals surface area (Å²) in [5.74, 6) is -0.604. The van der Waals surface area contributed by atoms with Crippen LogP contribution in [0, 0.1) is 11.8 Å². The van der Waals surface area contributed by atoms with Crippen LogP contribution in [0.4, 0.5) is 0 Å². The number of esters is 4. The number of ether oxygens (including phenoxy) is 4. The second-order valence-electron chi connectivity index (χ2n) is 28.0. The molecule has 0 bridgehead atoms. The number of phosphoric acid groups is 2. The lowest BCUT2D eigenvalue weighted by Crippen LogP contribution is -2.30. The minimum atomic E-state index is -4.96. The normalized spacial score (nSPS) is 14.0. The number of aliphatic hydroxyl groups excluding tert-OH is 1. The second kappa shape index (κ2) is 66.9. The van der Waals surface area contributed by atoms with E-state index in [4.69, 9.17) is 37.0 Å². The van der Waals surface area contributed by atoms with Gasteiger partial charge in [-0.2, -0.15) is 0 Å². The summed E-state index contributed by atoms with van der Waals surface area (Å²) in [5.41, 5.74) is 0. The molecule has 0 rings (SSSR count). The Labute approximate surface area is 575 Å². The van der Waals surface area contributed by atoms with Gasteiger partial charge in [0.1, 0.15) is 19.3 Å². The monoisotopic (exact) mass is 1380 g/mol. The van der Waals surface area contributed by atoms with E-state index in [1.807, 2.05) is 0 Å². The fourth-order valence-corrected chi connectivity index (χ4v) is 13.1. The summed E-state index contributed by atoms with van der Waals surface area (Å²) < 4.78 is 68.5. The van der Waals surface area contributed by atoms with E-state index in [0.717, 1.165) is 102 Å². The van der Waals surface area contributed by atoms with E-state index >= 15 is 0 Å². The minimum absolute atomic E-state index is 0.106. The molecule has 0 saturated heterocycles. The summed E-state index contributed by atoms with van der Waals surface area (Å²) in [6.45, 7) is 9.58. The van der Waals surface area contributed by atoms with Gasteiger partial charge in [0.2, 0.25) is 0 Å². The van der Waals surface area contributed by atoms with Gasteiger partial charge < -0.3 is 33.8 Å². The standard InChI is InChI=1S/C75H146O17P2/c1-7-9-11-13-15-17-19-21-22-23-24-26-35-41-47-53-59-74(79)91-70(64-86-73(78)58-52-46-40-34-29-27-31-37-43-49-55-67(3)4)65-89-93(81,82)87-61-69(76)62-88-94(83,84)90-66-71(63-85-72(77)57-51-45-39-33-25-20-18-16-14-12-10-8-2)92-75(80)60-54-48-42-36-30-28-32-38-44-50-56-68(5)6/h67-71,76H,7-66H2,1-6H3,(H,81,82)(H,83,84)/t69-,70-,71-/m1/s1. The average Bonchev–Trinajstić information content (AvgIpc) is 1.42. The zero-order valence-corrected chi connectivity index (χ0v) is 63.1. The number of rotatable bonds is 74. The molecule has 0 aromatic carbocycles. The van der Waals surface area contributed by atoms with E-state index in [0.29, 0.717) is 25.7 Å². The molecule has 5 atom stereocenters. The first-order chi connectivity index (χ1) is 45.4. The molecule has 3 N–H and O–H groups in total. The molecule has 0 aliphatic rings. The van der Waals surface area contributed by atoms with Crippen molar-refractivity contribution in [3.63, 3.8) is 0 Å². The molecule has 0 aromatic heterocycles. The first kappa shape index (κ1) is 92.1. The van der Waals surface area contributed by atoms with Crippen LogP contribution in [-0.4, -0.2) is 96.7 Å². The van der Waals surface area contributed by atoms with Crippen molar-refractivity contribution in [2.75, 3.05) is 39.6 Å². The Balaban J connectivity index is 5.26. The molecule has 17 nitrogen and oxygen atoms in total. The quantitative estimate of drug-likeness (QED) is 0.0222. The predicted molar refractivity (Wildman–Crippen MR) is 381 cm³/mol. The number of unbranched alkanes of at least 4 members (excludes halogenated alkanes) is 44. The second-order valence-corrected chi connectivity index (χ2v) is 30.9. The van der Waals surface area contributed by atoms with Crippen LogP contribution in [0.15, 0.2) is 0 Å². The van der Waals surface area contributed by atoms with E-state index < -0.39 is 97.5 Å². The summed E-state index contributed by atoms with van der Waals surface area (Å²) in [4.78, 5) is 72.8. The van der Waals surface area contributed by atoms with E-state index in [1.165, 1.54) is 205 Å². The number of aliphatic hydroxyl groups is 1. The maximum atomic E-state index is 13.1. The SMILES string of the molecule is CCCCCCCCCCCCCCCCCCC(=O)O[C@H](COC(=O)CCCCCCCCCCCCC(C)C)COP(=O)(O)OC[C@@H](O)COP(=O)(O)OC[C@@H](COC(=O)CCCCCCCCCCCCCC)OC(=O)CCCCCCCCCCCCC(C)C. The highest BCUT2D eigenvalue weighted by atomic mass is 31.2. The van der Waals surface area contributed by atoms with Crippen LogP contribution in [-0.2, 0) is 65.4 Å². The van der Waals surface area contributed by atoms with Crippen LogP contribution >= 0.6 is 15.6 Å². The molecule has 0 aromatic rings. The molecule has 94 heavy (non-hydrogen) atoms. The summed E-state index contributed by atoms with van der Waals surface area (Å²) in [5, 5.41) is 10.6. The topological polar surface area (TPSA) is 237 Å². The Morgan fingerprint density at radius 3 is 0.723 bits per heavy atom. The molecule has 2 unspecified atom stereocenters. The van der Waals surface area contributed by atoms with E-state index in [1.54, 1.807) is 0 Å². The van der Waals surface area contributed by atoms with Crippen LogP contribution < -0.4 is 0 Å². The highest BCUT2D eigenvalue weighted by Crippen LogP contribution is 2.45. The lowest BCUT2D eigenvalue weighted by atomic mass is 10.0. The molecule has 0 aliphatic carbocycles. The van der Waals surface area contributed by atoms with Crippen LogP contribution in [0.1, 0.15) is 388 Å². The minimum Gasteiger partial charge on any atom is -0.462 e. The van der Waals surface area contributed by atoms with Crippen molar-refractivity contribution in [3.05, 3.63) is 0 Å². The fraction of sp³-hybridized carbons (Fsp3) is 0.947. The summed E-state index contributed by atoms with van der Waals surface area (Å²) in [6.07, 6.45) is 53.9. The largest absolute Gasteiger partial charge is 0.472 e. The van der Waals surface area contributed by atoms with Crippen molar-refractivity contribution < 1.29 is 80.2 Å². The highest BCUT2D eigenvalue weighted by Gasteiger charge is 2.30. The molecule has 0 spiro atoms. The van der Waals surface area contributed by atoms with E-state index in [9.17, 15) is 43.2 Å². The molecule has 0 radical (unpaired) electrons. The van der Waals surface area contributed by atoms with Crippen molar-refractivity contribution in [3.8, 4) is 0 Å². The van der Waals surface area contributed by atoms with Gasteiger partial charge >= 0.3 is 39.5 Å². The molecular weight excluding hydrogens is 1230 g/mol. The third-order valence-corrected chi connectivity index (χ3v) is 19.4. The van der Waals surface area contributed by atoms with Crippen LogP contribution in [0.25, 0.3) is 0 Å². The van der Waals surface area contributed by atoms with Crippen LogP contribution in [0.3, 0.4) is 0 Å². The van der Waals surface area contributed by atoms with Crippen molar-refractivity contribution in [1.82, 2.24) is 0 Å². The molecule has 0 amide bonds. The fourth-order valence-electron chi connectivity index (χ4n) is 11.5. The van der Waals surface area contributed by atoms with Gasteiger partial charge in [-0.3, -0.25) is 37.3 Å². The molecule has 0 aliphatic heterocycles. The van der Waals surface area contributed by atoms with Gasteiger partial charge in [-0.1, -0.05) is 337 Å². The van der Waals surface area contributed by atoms with Gasteiger partial charge in [-0.25, -0.2) is 9.13 Å². The van der Waals surface area contributed by atoms with Crippen molar-refractivity contribution >= 4 is 39.5 Å². The van der Waals surface area contributed by atoms with Gasteiger partial charge in [0.05, 0.1) is 26.4 Å². The predicted octanol–water partition coefficient (Wildman–Crippen LogP) is 21.9. The first-order valence-electron chi connectivity index (χ1n) is 39.0. The molecule has 558 valence electrons.